The first-order valence-electron chi connectivity index (χ1n) is 18.1. The molecule has 2 saturated heterocycles. The molecule has 16 heteroatoms. The Hall–Kier alpha value is -5.80. The van der Waals surface area contributed by atoms with Gasteiger partial charge in [-0.1, -0.05) is 20.8 Å². The molecule has 53 heavy (non-hydrogen) atoms. The van der Waals surface area contributed by atoms with Crippen LogP contribution in [0.15, 0.2) is 36.7 Å². The van der Waals surface area contributed by atoms with Crippen molar-refractivity contribution in [1.82, 2.24) is 50.3 Å². The second kappa shape index (κ2) is 14.7. The highest BCUT2D eigenvalue weighted by Gasteiger charge is 2.38. The number of hydrogen-bond donors (Lipinski definition) is 6. The summed E-state index contributed by atoms with van der Waals surface area (Å²) in [5.74, 6) is 0.996. The number of carbonyl (C=O) groups excluding carboxylic acids is 4. The van der Waals surface area contributed by atoms with Gasteiger partial charge in [-0.3, -0.25) is 9.59 Å². The lowest BCUT2D eigenvalue weighted by Crippen LogP contribution is -2.51. The van der Waals surface area contributed by atoms with Crippen LogP contribution >= 0.6 is 0 Å². The Morgan fingerprint density at radius 1 is 0.736 bits per heavy atom. The summed E-state index contributed by atoms with van der Waals surface area (Å²) in [6.45, 7) is 6.82. The Kier molecular flexibility index (Phi) is 9.86. The minimum atomic E-state index is -0.697. The highest BCUT2D eigenvalue weighted by atomic mass is 16.5. The van der Waals surface area contributed by atoms with Gasteiger partial charge in [0.25, 0.3) is 0 Å². The molecule has 2 fully saturated rings. The Morgan fingerprint density at radius 2 is 1.25 bits per heavy atom. The number of nitrogens with zero attached hydrogens (tertiary/aromatic N) is 4. The van der Waals surface area contributed by atoms with Gasteiger partial charge in [0.1, 0.15) is 23.7 Å². The highest BCUT2D eigenvalue weighted by molar-refractivity contribution is 5.99. The van der Waals surface area contributed by atoms with Crippen molar-refractivity contribution < 1.29 is 28.7 Å². The SMILES string of the molecule is CCC(NC(=O)OC)C(=O)N1CCCC1c1ncc(-c2cc3cc4cc(-c5cnc(C6CCCN6C(=O)C(NC(=O)OC)C(C)C)[nH]5)[nH]c4cc3[nH]2)[nH]1. The molecule has 2 aliphatic rings. The van der Waals surface area contributed by atoms with Crippen LogP contribution in [-0.2, 0) is 19.1 Å². The number of benzene rings is 1. The summed E-state index contributed by atoms with van der Waals surface area (Å²) in [4.78, 5) is 77.5. The predicted octanol–water partition coefficient (Wildman–Crippen LogP) is 5.27. The van der Waals surface area contributed by atoms with Gasteiger partial charge >= 0.3 is 12.2 Å². The van der Waals surface area contributed by atoms with E-state index in [2.05, 4.69) is 64.8 Å². The minimum absolute atomic E-state index is 0.113. The molecule has 4 aromatic heterocycles. The lowest BCUT2D eigenvalue weighted by atomic mass is 10.0. The van der Waals surface area contributed by atoms with Gasteiger partial charge in [-0.25, -0.2) is 19.6 Å². The van der Waals surface area contributed by atoms with Crippen LogP contribution in [0.25, 0.3) is 44.6 Å². The molecule has 1 aromatic carbocycles. The lowest BCUT2D eigenvalue weighted by Gasteiger charge is -2.30. The van der Waals surface area contributed by atoms with E-state index in [1.165, 1.54) is 14.2 Å². The van der Waals surface area contributed by atoms with Crippen LogP contribution in [0.2, 0.25) is 0 Å². The first kappa shape index (κ1) is 35.6. The standard InChI is InChI=1S/C37H46N10O6/c1-6-22(44-36(50)52-4)34(48)46-11-7-9-29(46)32-38-17-27(42-32)25-14-20-13-21-15-26(41-24(21)16-23(20)40-25)28-18-39-33(43-28)30-10-8-12-47(30)35(49)31(19(2)3)45-37(51)53-5/h13-19,22,29-31,40-41H,6-12H2,1-5H3,(H,38,42)(H,39,43)(H,44,50)(H,45,51). The molecule has 0 spiro atoms. The Balaban J connectivity index is 1.07. The average Bonchev–Trinajstić information content (AvgIpc) is 4.00. The normalized spacial score (nSPS) is 18.5. The van der Waals surface area contributed by atoms with Crippen LogP contribution < -0.4 is 10.6 Å². The number of aromatic amines is 4. The van der Waals surface area contributed by atoms with Crippen molar-refractivity contribution in [2.75, 3.05) is 27.3 Å². The summed E-state index contributed by atoms with van der Waals surface area (Å²) in [6.07, 6.45) is 5.98. The molecule has 4 amide bonds. The van der Waals surface area contributed by atoms with E-state index in [0.29, 0.717) is 31.2 Å². The van der Waals surface area contributed by atoms with Crippen molar-refractivity contribution in [1.29, 1.82) is 0 Å². The van der Waals surface area contributed by atoms with E-state index in [1.54, 1.807) is 22.2 Å². The number of ether oxygens (including phenoxy) is 2. The van der Waals surface area contributed by atoms with Gasteiger partial charge in [-0.15, -0.1) is 0 Å². The van der Waals surface area contributed by atoms with Crippen molar-refractivity contribution in [3.8, 4) is 22.8 Å². The third-order valence-corrected chi connectivity index (χ3v) is 10.4. The number of fused-ring (bicyclic) bond motifs is 2. The lowest BCUT2D eigenvalue weighted by molar-refractivity contribution is -0.135. The van der Waals surface area contributed by atoms with Crippen molar-refractivity contribution >= 4 is 45.8 Å². The van der Waals surface area contributed by atoms with Crippen LogP contribution in [0.1, 0.15) is 76.6 Å². The summed E-state index contributed by atoms with van der Waals surface area (Å²) >= 11 is 0. The van der Waals surface area contributed by atoms with Crippen LogP contribution in [0.3, 0.4) is 0 Å². The summed E-state index contributed by atoms with van der Waals surface area (Å²) < 4.78 is 9.46. The monoisotopic (exact) mass is 726 g/mol. The number of carbonyl (C=O) groups is 4. The van der Waals surface area contributed by atoms with Crippen LogP contribution in [0.4, 0.5) is 9.59 Å². The summed E-state index contributed by atoms with van der Waals surface area (Å²) in [5, 5.41) is 7.38. The van der Waals surface area contributed by atoms with Crippen molar-refractivity contribution in [2.24, 2.45) is 5.92 Å². The van der Waals surface area contributed by atoms with Crippen LogP contribution in [-0.4, -0.2) is 103 Å². The number of H-pyrrole nitrogens is 4. The second-order valence-corrected chi connectivity index (χ2v) is 14.1. The number of amides is 4. The zero-order valence-electron chi connectivity index (χ0n) is 30.5. The zero-order chi connectivity index (χ0) is 37.4. The number of likely N-dealkylation sites (tertiary alicyclic amines) is 2. The van der Waals surface area contributed by atoms with E-state index in [0.717, 1.165) is 70.3 Å². The van der Waals surface area contributed by atoms with Crippen molar-refractivity contribution in [2.45, 2.75) is 77.0 Å². The molecule has 16 nitrogen and oxygen atoms in total. The third kappa shape index (κ3) is 6.92. The molecule has 7 rings (SSSR count). The molecule has 6 N–H and O–H groups in total. The van der Waals surface area contributed by atoms with Crippen LogP contribution in [0, 0.1) is 5.92 Å². The highest BCUT2D eigenvalue weighted by Crippen LogP contribution is 2.36. The smallest absolute Gasteiger partial charge is 0.407 e. The number of aromatic nitrogens is 6. The average molecular weight is 727 g/mol. The number of nitrogens with one attached hydrogen (secondary N) is 6. The third-order valence-electron chi connectivity index (χ3n) is 10.4. The molecule has 2 aliphatic heterocycles. The zero-order valence-corrected chi connectivity index (χ0v) is 30.5. The maximum absolute atomic E-state index is 13.6. The van der Waals surface area contributed by atoms with Gasteiger partial charge in [0.2, 0.25) is 11.8 Å². The predicted molar refractivity (Wildman–Crippen MR) is 196 cm³/mol. The van der Waals surface area contributed by atoms with E-state index < -0.39 is 24.3 Å². The van der Waals surface area contributed by atoms with Gasteiger partial charge in [-0.05, 0) is 62.3 Å². The minimum Gasteiger partial charge on any atom is -0.453 e. The van der Waals surface area contributed by atoms with E-state index in [-0.39, 0.29) is 29.8 Å². The van der Waals surface area contributed by atoms with Crippen molar-refractivity contribution in [3.63, 3.8) is 0 Å². The molecule has 0 saturated carbocycles. The molecule has 4 unspecified atom stereocenters. The van der Waals surface area contributed by atoms with Gasteiger partial charge in [0.15, 0.2) is 0 Å². The maximum atomic E-state index is 13.6. The molecular formula is C37H46N10O6. The summed E-state index contributed by atoms with van der Waals surface area (Å²) in [7, 11) is 2.57. The number of alkyl carbamates (subject to hydrolysis) is 2. The first-order chi connectivity index (χ1) is 25.6. The Morgan fingerprint density at radius 3 is 1.74 bits per heavy atom. The first-order valence-corrected chi connectivity index (χ1v) is 18.1. The van der Waals surface area contributed by atoms with E-state index in [4.69, 9.17) is 9.47 Å². The molecule has 280 valence electrons. The molecular weight excluding hydrogens is 680 g/mol. The topological polar surface area (TPSA) is 206 Å². The van der Waals surface area contributed by atoms with Gasteiger partial charge in [0.05, 0.1) is 61.5 Å². The summed E-state index contributed by atoms with van der Waals surface area (Å²) in [6, 6.07) is 6.53. The second-order valence-electron chi connectivity index (χ2n) is 14.1. The van der Waals surface area contributed by atoms with E-state index in [1.807, 2.05) is 20.8 Å². The quantitative estimate of drug-likeness (QED) is 0.112. The number of imidazole rings is 2. The fraction of sp³-hybridized carbons (Fsp3) is 0.459. The Labute approximate surface area is 305 Å². The molecule has 0 radical (unpaired) electrons. The Bertz CT molecular complexity index is 2090. The number of rotatable bonds is 10. The maximum Gasteiger partial charge on any atom is 0.407 e. The van der Waals surface area contributed by atoms with Gasteiger partial charge in [-0.2, -0.15) is 0 Å². The molecule has 0 aliphatic carbocycles. The molecule has 5 aromatic rings. The molecule has 6 heterocycles. The largest absolute Gasteiger partial charge is 0.453 e. The van der Waals surface area contributed by atoms with E-state index in [9.17, 15) is 19.2 Å². The molecule has 4 atom stereocenters. The van der Waals surface area contributed by atoms with E-state index >= 15 is 0 Å². The number of methoxy groups -OCH3 is 2. The van der Waals surface area contributed by atoms with Gasteiger partial charge in [0, 0.05) is 34.9 Å². The van der Waals surface area contributed by atoms with Crippen LogP contribution in [0.5, 0.6) is 0 Å². The number of hydrogen-bond acceptors (Lipinski definition) is 8. The van der Waals surface area contributed by atoms with Crippen molar-refractivity contribution in [3.05, 3.63) is 48.3 Å². The fourth-order valence-corrected chi connectivity index (χ4v) is 7.59. The summed E-state index contributed by atoms with van der Waals surface area (Å²) in [5.41, 5.74) is 5.25. The fourth-order valence-electron chi connectivity index (χ4n) is 7.59. The molecule has 0 bridgehead atoms. The van der Waals surface area contributed by atoms with Gasteiger partial charge < -0.3 is 49.8 Å².